The first kappa shape index (κ1) is 13.4. The Morgan fingerprint density at radius 3 is 1.67 bits per heavy atom. The van der Waals surface area contributed by atoms with E-state index in [0.717, 1.165) is 8.87 Å². The average molecular weight is 374 g/mol. The Morgan fingerprint density at radius 2 is 1.33 bits per heavy atom. The standard InChI is InChI=1S/C12H12N2O2Se2/c15-11(9-3-1-7-17-9)13-5-6-14-12(16)10-4-2-8-18-10/h1-4,7-8H,5-6H2,(H,13,15)(H,14,16). The molecule has 0 radical (unpaired) electrons. The van der Waals surface area contributed by atoms with Crippen LogP contribution in [0.15, 0.2) is 34.1 Å². The van der Waals surface area contributed by atoms with Gasteiger partial charge in [0.15, 0.2) is 0 Å². The molecule has 0 fully saturated rings. The summed E-state index contributed by atoms with van der Waals surface area (Å²) in [5, 5.41) is 5.59. The van der Waals surface area contributed by atoms with Crippen LogP contribution in [0.3, 0.4) is 0 Å². The summed E-state index contributed by atoms with van der Waals surface area (Å²) < 4.78 is 1.67. The Bertz CT molecular complexity index is 458. The van der Waals surface area contributed by atoms with Crippen molar-refractivity contribution in [3.63, 3.8) is 0 Å². The van der Waals surface area contributed by atoms with Gasteiger partial charge in [-0.05, 0) is 0 Å². The topological polar surface area (TPSA) is 58.2 Å². The van der Waals surface area contributed by atoms with Gasteiger partial charge < -0.3 is 0 Å². The van der Waals surface area contributed by atoms with Gasteiger partial charge in [0.05, 0.1) is 0 Å². The van der Waals surface area contributed by atoms with Gasteiger partial charge in [-0.15, -0.1) is 0 Å². The maximum atomic E-state index is 11.6. The number of rotatable bonds is 5. The Balaban J connectivity index is 1.67. The number of amides is 2. The van der Waals surface area contributed by atoms with E-state index in [1.165, 1.54) is 0 Å². The fourth-order valence-corrected chi connectivity index (χ4v) is 4.03. The zero-order chi connectivity index (χ0) is 12.8. The molecular weight excluding hydrogens is 362 g/mol. The van der Waals surface area contributed by atoms with Crippen LogP contribution in [0.1, 0.15) is 18.5 Å². The molecule has 2 aromatic heterocycles. The molecule has 6 heteroatoms. The third-order valence-electron chi connectivity index (χ3n) is 2.19. The molecule has 0 atom stereocenters. The average Bonchev–Trinajstić information content (AvgIpc) is 3.05. The zero-order valence-corrected chi connectivity index (χ0v) is 12.9. The van der Waals surface area contributed by atoms with E-state index in [0.29, 0.717) is 13.1 Å². The molecule has 2 aromatic rings. The van der Waals surface area contributed by atoms with Crippen LogP contribution in [0.5, 0.6) is 0 Å². The van der Waals surface area contributed by atoms with Crippen molar-refractivity contribution < 1.29 is 9.59 Å². The first-order valence-electron chi connectivity index (χ1n) is 5.41. The molecule has 0 spiro atoms. The van der Waals surface area contributed by atoms with Gasteiger partial charge in [0.25, 0.3) is 0 Å². The molecule has 0 aromatic carbocycles. The van der Waals surface area contributed by atoms with Gasteiger partial charge in [-0.2, -0.15) is 0 Å². The Labute approximate surface area is 117 Å². The molecule has 0 bridgehead atoms. The van der Waals surface area contributed by atoms with Crippen molar-refractivity contribution >= 4 is 40.8 Å². The Morgan fingerprint density at radius 1 is 0.889 bits per heavy atom. The monoisotopic (exact) mass is 376 g/mol. The van der Waals surface area contributed by atoms with Crippen LogP contribution in [0.4, 0.5) is 0 Å². The van der Waals surface area contributed by atoms with Gasteiger partial charge in [-0.3, -0.25) is 0 Å². The van der Waals surface area contributed by atoms with Gasteiger partial charge in [0, 0.05) is 0 Å². The fourth-order valence-electron chi connectivity index (χ4n) is 1.34. The minimum atomic E-state index is -0.0276. The second-order valence-corrected chi connectivity index (χ2v) is 7.44. The van der Waals surface area contributed by atoms with Crippen molar-refractivity contribution in [2.45, 2.75) is 0 Å². The van der Waals surface area contributed by atoms with Crippen molar-refractivity contribution in [1.82, 2.24) is 10.6 Å². The van der Waals surface area contributed by atoms with Crippen molar-refractivity contribution in [1.29, 1.82) is 0 Å². The van der Waals surface area contributed by atoms with Crippen LogP contribution in [-0.4, -0.2) is 53.9 Å². The molecule has 2 N–H and O–H groups in total. The molecule has 4 nitrogen and oxygen atoms in total. The molecule has 0 aliphatic rings. The van der Waals surface area contributed by atoms with E-state index < -0.39 is 0 Å². The number of hydrogen-bond acceptors (Lipinski definition) is 2. The predicted octanol–water partition coefficient (Wildman–Crippen LogP) is -0.0396. The molecular formula is C12H12N2O2Se2. The van der Waals surface area contributed by atoms with E-state index in [1.807, 2.05) is 34.1 Å². The molecule has 2 heterocycles. The Hall–Kier alpha value is -1.06. The van der Waals surface area contributed by atoms with Gasteiger partial charge in [0.2, 0.25) is 0 Å². The third kappa shape index (κ3) is 3.72. The molecule has 0 unspecified atom stereocenters. The van der Waals surface area contributed by atoms with Crippen molar-refractivity contribution in [2.24, 2.45) is 0 Å². The molecule has 2 rings (SSSR count). The van der Waals surface area contributed by atoms with Gasteiger partial charge in [-0.1, -0.05) is 0 Å². The molecule has 18 heavy (non-hydrogen) atoms. The normalized spacial score (nSPS) is 10.0. The van der Waals surface area contributed by atoms with Crippen LogP contribution in [0.2, 0.25) is 0 Å². The van der Waals surface area contributed by atoms with Crippen molar-refractivity contribution in [3.05, 3.63) is 43.0 Å². The molecule has 0 aliphatic carbocycles. The van der Waals surface area contributed by atoms with Crippen LogP contribution < -0.4 is 10.6 Å². The fraction of sp³-hybridized carbons (Fsp3) is 0.167. The molecule has 94 valence electrons. The van der Waals surface area contributed by atoms with E-state index >= 15 is 0 Å². The summed E-state index contributed by atoms with van der Waals surface area (Å²) in [5.74, 6) is -0.0552. The summed E-state index contributed by atoms with van der Waals surface area (Å²) in [7, 11) is 0. The van der Waals surface area contributed by atoms with Crippen LogP contribution in [0.25, 0.3) is 0 Å². The zero-order valence-electron chi connectivity index (χ0n) is 9.51. The van der Waals surface area contributed by atoms with E-state index in [1.54, 1.807) is 0 Å². The number of carbonyl (C=O) groups excluding carboxylic acids is 2. The van der Waals surface area contributed by atoms with Crippen LogP contribution in [-0.2, 0) is 0 Å². The van der Waals surface area contributed by atoms with E-state index in [-0.39, 0.29) is 40.8 Å². The summed E-state index contributed by atoms with van der Waals surface area (Å²) in [6, 6.07) is 7.48. The summed E-state index contributed by atoms with van der Waals surface area (Å²) in [4.78, 5) is 27.2. The molecule has 0 saturated heterocycles. The molecule has 0 saturated carbocycles. The summed E-state index contributed by atoms with van der Waals surface area (Å²) >= 11 is 0.326. The van der Waals surface area contributed by atoms with Crippen LogP contribution >= 0.6 is 0 Å². The third-order valence-corrected chi connectivity index (χ3v) is 5.83. The first-order chi connectivity index (χ1) is 8.77. The Kier molecular flexibility index (Phi) is 5.02. The van der Waals surface area contributed by atoms with Crippen molar-refractivity contribution in [2.75, 3.05) is 13.1 Å². The van der Waals surface area contributed by atoms with Gasteiger partial charge in [0.1, 0.15) is 0 Å². The number of carbonyl (C=O) groups is 2. The van der Waals surface area contributed by atoms with E-state index in [4.69, 9.17) is 0 Å². The minimum absolute atomic E-state index is 0.0276. The second-order valence-electron chi connectivity index (χ2n) is 3.47. The van der Waals surface area contributed by atoms with Crippen molar-refractivity contribution in [3.8, 4) is 0 Å². The summed E-state index contributed by atoms with van der Waals surface area (Å²) in [6.07, 6.45) is 0. The maximum absolute atomic E-state index is 11.6. The first-order valence-corrected chi connectivity index (χ1v) is 9.10. The number of nitrogens with one attached hydrogen (secondary N) is 2. The molecule has 2 amide bonds. The van der Waals surface area contributed by atoms with Crippen LogP contribution in [0, 0.1) is 0 Å². The van der Waals surface area contributed by atoms with Gasteiger partial charge in [-0.25, -0.2) is 0 Å². The quantitative estimate of drug-likeness (QED) is 0.570. The van der Waals surface area contributed by atoms with Gasteiger partial charge >= 0.3 is 117 Å². The van der Waals surface area contributed by atoms with E-state index in [2.05, 4.69) is 10.6 Å². The SMILES string of the molecule is O=C(NCCNC(=O)c1ccc[se]1)c1ccc[se]1. The summed E-state index contributed by atoms with van der Waals surface area (Å²) in [6.45, 7) is 0.928. The van der Waals surface area contributed by atoms with E-state index in [9.17, 15) is 9.59 Å². The molecule has 0 aliphatic heterocycles. The predicted molar refractivity (Wildman–Crippen MR) is 71.4 cm³/mol. The second kappa shape index (κ2) is 6.76. The summed E-state index contributed by atoms with van der Waals surface area (Å²) in [5.41, 5.74) is 0. The number of hydrogen-bond donors (Lipinski definition) is 2.